The highest BCUT2D eigenvalue weighted by Gasteiger charge is 2.27. The molecule has 0 saturated heterocycles. The average molecular weight is 319 g/mol. The summed E-state index contributed by atoms with van der Waals surface area (Å²) in [6, 6.07) is 3.35. The van der Waals surface area contributed by atoms with Gasteiger partial charge in [-0.1, -0.05) is 0 Å². The minimum Gasteiger partial charge on any atom is -0.376 e. The van der Waals surface area contributed by atoms with Crippen LogP contribution in [0.15, 0.2) is 18.2 Å². The molecule has 7 nitrogen and oxygen atoms in total. The highest BCUT2D eigenvalue weighted by molar-refractivity contribution is 6.00. The maximum Gasteiger partial charge on any atom is 0.405 e. The molecule has 10 heteroatoms. The number of amides is 1. The first kappa shape index (κ1) is 17.4. The molecular weight excluding hydrogens is 307 g/mol. The molecule has 0 fully saturated rings. The van der Waals surface area contributed by atoms with Gasteiger partial charge in [0.05, 0.1) is 11.5 Å². The Balaban J connectivity index is 2.75. The number of Topliss-reactive ketones (excluding diaryl/α,β-unsaturated/α-hetero) is 1. The second kappa shape index (κ2) is 6.87. The number of benzene rings is 1. The molecule has 120 valence electrons. The molecule has 0 aliphatic heterocycles. The number of ketones is 1. The van der Waals surface area contributed by atoms with Crippen LogP contribution in [0.1, 0.15) is 17.3 Å². The Kier molecular flexibility index (Phi) is 5.44. The number of non-ortho nitro benzene ring substituents is 1. The second-order valence-electron chi connectivity index (χ2n) is 4.29. The summed E-state index contributed by atoms with van der Waals surface area (Å²) < 4.78 is 35.8. The van der Waals surface area contributed by atoms with Gasteiger partial charge >= 0.3 is 6.18 Å². The van der Waals surface area contributed by atoms with E-state index in [0.717, 1.165) is 12.1 Å². The molecule has 0 radical (unpaired) electrons. The second-order valence-corrected chi connectivity index (χ2v) is 4.29. The summed E-state index contributed by atoms with van der Waals surface area (Å²) in [4.78, 5) is 32.6. The molecule has 2 N–H and O–H groups in total. The van der Waals surface area contributed by atoms with Crippen molar-refractivity contribution in [1.82, 2.24) is 5.32 Å². The molecule has 1 rings (SSSR count). The van der Waals surface area contributed by atoms with Crippen LogP contribution < -0.4 is 10.6 Å². The average Bonchev–Trinajstić information content (AvgIpc) is 2.41. The van der Waals surface area contributed by atoms with E-state index in [1.54, 1.807) is 5.32 Å². The molecule has 1 aromatic carbocycles. The van der Waals surface area contributed by atoms with E-state index in [1.165, 1.54) is 13.0 Å². The Morgan fingerprint density at radius 3 is 2.45 bits per heavy atom. The summed E-state index contributed by atoms with van der Waals surface area (Å²) in [5, 5.41) is 14.8. The van der Waals surface area contributed by atoms with Gasteiger partial charge in [0.2, 0.25) is 5.91 Å². The zero-order valence-corrected chi connectivity index (χ0v) is 11.4. The molecule has 22 heavy (non-hydrogen) atoms. The van der Waals surface area contributed by atoms with Crippen molar-refractivity contribution in [2.75, 3.05) is 18.4 Å². The Morgan fingerprint density at radius 1 is 1.32 bits per heavy atom. The lowest BCUT2D eigenvalue weighted by Crippen LogP contribution is -2.37. The molecule has 0 bridgehead atoms. The van der Waals surface area contributed by atoms with E-state index in [4.69, 9.17) is 0 Å². The Labute approximate surface area is 122 Å². The number of alkyl halides is 3. The van der Waals surface area contributed by atoms with Crippen LogP contribution in [-0.4, -0.2) is 35.9 Å². The fourth-order valence-electron chi connectivity index (χ4n) is 1.53. The lowest BCUT2D eigenvalue weighted by Gasteiger charge is -2.11. The number of carbonyl (C=O) groups excluding carboxylic acids is 2. The third-order valence-corrected chi connectivity index (χ3v) is 2.52. The molecule has 1 aromatic rings. The first-order valence-electron chi connectivity index (χ1n) is 5.97. The van der Waals surface area contributed by atoms with E-state index in [1.807, 2.05) is 0 Å². The van der Waals surface area contributed by atoms with Crippen LogP contribution in [0, 0.1) is 10.1 Å². The SMILES string of the molecule is CC(=O)c1cc([N+](=O)[O-])ccc1NCC(=O)NCC(F)(F)F. The largest absolute Gasteiger partial charge is 0.405 e. The van der Waals surface area contributed by atoms with Gasteiger partial charge in [0.15, 0.2) is 5.78 Å². The molecule has 0 unspecified atom stereocenters. The Morgan fingerprint density at radius 2 is 1.95 bits per heavy atom. The first-order chi connectivity index (χ1) is 10.1. The zero-order valence-electron chi connectivity index (χ0n) is 11.4. The molecule has 0 aliphatic carbocycles. The van der Waals surface area contributed by atoms with Crippen molar-refractivity contribution in [3.05, 3.63) is 33.9 Å². The van der Waals surface area contributed by atoms with Crippen molar-refractivity contribution in [3.8, 4) is 0 Å². The maximum atomic E-state index is 11.9. The highest BCUT2D eigenvalue weighted by atomic mass is 19.4. The fourth-order valence-corrected chi connectivity index (χ4v) is 1.53. The number of halogens is 3. The lowest BCUT2D eigenvalue weighted by molar-refractivity contribution is -0.384. The molecular formula is C12H12F3N3O4. The van der Waals surface area contributed by atoms with Crippen molar-refractivity contribution in [1.29, 1.82) is 0 Å². The Hall–Kier alpha value is -2.65. The van der Waals surface area contributed by atoms with Crippen molar-refractivity contribution < 1.29 is 27.7 Å². The Bertz CT molecular complexity index is 602. The predicted octanol–water partition coefficient (Wildman–Crippen LogP) is 1.89. The molecule has 0 aromatic heterocycles. The lowest BCUT2D eigenvalue weighted by atomic mass is 10.1. The standard InChI is InChI=1S/C12H12F3N3O4/c1-7(19)9-4-8(18(21)22)2-3-10(9)16-5-11(20)17-6-12(13,14)15/h2-4,16H,5-6H2,1H3,(H,17,20). The van der Waals surface area contributed by atoms with Gasteiger partial charge in [-0.15, -0.1) is 0 Å². The predicted molar refractivity (Wildman–Crippen MR) is 70.7 cm³/mol. The van der Waals surface area contributed by atoms with Crippen molar-refractivity contribution in [2.45, 2.75) is 13.1 Å². The quantitative estimate of drug-likeness (QED) is 0.473. The summed E-state index contributed by atoms with van der Waals surface area (Å²) in [5.74, 6) is -1.41. The molecule has 0 saturated carbocycles. The number of hydrogen-bond donors (Lipinski definition) is 2. The maximum absolute atomic E-state index is 11.9. The summed E-state index contributed by atoms with van der Waals surface area (Å²) in [7, 11) is 0. The molecule has 0 heterocycles. The smallest absolute Gasteiger partial charge is 0.376 e. The molecule has 0 aliphatic rings. The van der Waals surface area contributed by atoms with Gasteiger partial charge in [-0.05, 0) is 13.0 Å². The van der Waals surface area contributed by atoms with E-state index >= 15 is 0 Å². The van der Waals surface area contributed by atoms with Gasteiger partial charge in [0.25, 0.3) is 5.69 Å². The normalized spacial score (nSPS) is 10.9. The highest BCUT2D eigenvalue weighted by Crippen LogP contribution is 2.22. The minimum absolute atomic E-state index is 0.0298. The number of carbonyl (C=O) groups is 2. The van der Waals surface area contributed by atoms with Gasteiger partial charge in [-0.3, -0.25) is 19.7 Å². The van der Waals surface area contributed by atoms with E-state index in [0.29, 0.717) is 0 Å². The first-order valence-corrected chi connectivity index (χ1v) is 5.97. The van der Waals surface area contributed by atoms with E-state index in [2.05, 4.69) is 5.32 Å². The van der Waals surface area contributed by atoms with Gasteiger partial charge < -0.3 is 10.6 Å². The van der Waals surface area contributed by atoms with Gasteiger partial charge in [-0.25, -0.2) is 0 Å². The van der Waals surface area contributed by atoms with Crippen LogP contribution in [0.4, 0.5) is 24.5 Å². The molecule has 0 atom stereocenters. The number of nitrogens with zero attached hydrogens (tertiary/aromatic N) is 1. The summed E-state index contributed by atoms with van der Waals surface area (Å²) >= 11 is 0. The number of rotatable bonds is 6. The zero-order chi connectivity index (χ0) is 16.9. The van der Waals surface area contributed by atoms with Gasteiger partial charge in [0.1, 0.15) is 6.54 Å². The van der Waals surface area contributed by atoms with Crippen LogP contribution in [0.25, 0.3) is 0 Å². The fraction of sp³-hybridized carbons (Fsp3) is 0.333. The minimum atomic E-state index is -4.52. The van der Waals surface area contributed by atoms with E-state index in [-0.39, 0.29) is 16.9 Å². The summed E-state index contributed by atoms with van der Waals surface area (Å²) in [5.41, 5.74) is -0.213. The number of nitro groups is 1. The molecule has 0 spiro atoms. The number of anilines is 1. The topological polar surface area (TPSA) is 101 Å². The van der Waals surface area contributed by atoms with Crippen LogP contribution in [0.3, 0.4) is 0 Å². The number of nitrogens with one attached hydrogen (secondary N) is 2. The van der Waals surface area contributed by atoms with Gasteiger partial charge in [0, 0.05) is 23.4 Å². The van der Waals surface area contributed by atoms with Crippen LogP contribution >= 0.6 is 0 Å². The third kappa shape index (κ3) is 5.38. The van der Waals surface area contributed by atoms with Crippen LogP contribution in [-0.2, 0) is 4.79 Å². The number of nitro benzene ring substituents is 1. The van der Waals surface area contributed by atoms with Gasteiger partial charge in [-0.2, -0.15) is 13.2 Å². The monoisotopic (exact) mass is 319 g/mol. The van der Waals surface area contributed by atoms with Crippen molar-refractivity contribution >= 4 is 23.1 Å². The third-order valence-electron chi connectivity index (χ3n) is 2.52. The van der Waals surface area contributed by atoms with Crippen LogP contribution in [0.2, 0.25) is 0 Å². The van der Waals surface area contributed by atoms with Crippen molar-refractivity contribution in [3.63, 3.8) is 0 Å². The van der Waals surface area contributed by atoms with E-state index < -0.39 is 35.9 Å². The number of hydrogen-bond acceptors (Lipinski definition) is 5. The summed E-state index contributed by atoms with van der Waals surface area (Å²) in [6.07, 6.45) is -4.52. The van der Waals surface area contributed by atoms with E-state index in [9.17, 15) is 32.9 Å². The van der Waals surface area contributed by atoms with Crippen molar-refractivity contribution in [2.24, 2.45) is 0 Å². The van der Waals surface area contributed by atoms with Crippen LogP contribution in [0.5, 0.6) is 0 Å². The molecule has 1 amide bonds. The summed E-state index contributed by atoms with van der Waals surface area (Å²) in [6.45, 7) is -0.796.